The van der Waals surface area contributed by atoms with Crippen molar-refractivity contribution < 1.29 is 13.5 Å². The van der Waals surface area contributed by atoms with Crippen LogP contribution in [0, 0.1) is 11.6 Å². The SMILES string of the molecule is CCCCOC(Cc1ccc(F)c(F)c1)c1sc2ccccc2c1Br. The van der Waals surface area contributed by atoms with Gasteiger partial charge in [-0.25, -0.2) is 8.78 Å². The monoisotopic (exact) mass is 424 g/mol. The molecule has 0 saturated carbocycles. The Hall–Kier alpha value is -1.30. The second-order valence-corrected chi connectivity index (χ2v) is 7.82. The van der Waals surface area contributed by atoms with Crippen molar-refractivity contribution >= 4 is 37.4 Å². The largest absolute Gasteiger partial charge is 0.372 e. The molecule has 132 valence electrons. The van der Waals surface area contributed by atoms with Crippen LogP contribution in [0.25, 0.3) is 10.1 Å². The summed E-state index contributed by atoms with van der Waals surface area (Å²) in [6.07, 6.45) is 2.33. The van der Waals surface area contributed by atoms with Crippen molar-refractivity contribution in [2.24, 2.45) is 0 Å². The van der Waals surface area contributed by atoms with E-state index in [-0.39, 0.29) is 6.10 Å². The van der Waals surface area contributed by atoms with E-state index in [1.165, 1.54) is 16.8 Å². The average Bonchev–Trinajstić information content (AvgIpc) is 2.94. The lowest BCUT2D eigenvalue weighted by molar-refractivity contribution is 0.0529. The van der Waals surface area contributed by atoms with Crippen LogP contribution in [0.15, 0.2) is 46.9 Å². The van der Waals surface area contributed by atoms with Crippen LogP contribution in [-0.4, -0.2) is 6.61 Å². The third kappa shape index (κ3) is 4.27. The molecule has 1 unspecified atom stereocenters. The lowest BCUT2D eigenvalue weighted by Gasteiger charge is -2.18. The van der Waals surface area contributed by atoms with Crippen molar-refractivity contribution in [1.29, 1.82) is 0 Å². The predicted molar refractivity (Wildman–Crippen MR) is 103 cm³/mol. The van der Waals surface area contributed by atoms with Gasteiger partial charge in [-0.3, -0.25) is 0 Å². The topological polar surface area (TPSA) is 9.23 Å². The Morgan fingerprint density at radius 1 is 1.12 bits per heavy atom. The van der Waals surface area contributed by atoms with E-state index in [1.54, 1.807) is 17.4 Å². The molecule has 1 atom stereocenters. The first kappa shape index (κ1) is 18.5. The summed E-state index contributed by atoms with van der Waals surface area (Å²) in [4.78, 5) is 1.09. The van der Waals surface area contributed by atoms with E-state index in [2.05, 4.69) is 35.0 Å². The van der Waals surface area contributed by atoms with Gasteiger partial charge in [0.2, 0.25) is 0 Å². The molecule has 0 fully saturated rings. The Balaban J connectivity index is 1.92. The highest BCUT2D eigenvalue weighted by Crippen LogP contribution is 2.41. The van der Waals surface area contributed by atoms with Crippen molar-refractivity contribution in [3.05, 3.63) is 69.0 Å². The number of halogens is 3. The summed E-state index contributed by atoms with van der Waals surface area (Å²) in [5.41, 5.74) is 0.727. The summed E-state index contributed by atoms with van der Waals surface area (Å²) in [6, 6.07) is 12.2. The van der Waals surface area contributed by atoms with Crippen molar-refractivity contribution in [2.45, 2.75) is 32.3 Å². The number of hydrogen-bond donors (Lipinski definition) is 0. The summed E-state index contributed by atoms with van der Waals surface area (Å²) < 4.78 is 35.1. The van der Waals surface area contributed by atoms with Crippen LogP contribution in [-0.2, 0) is 11.2 Å². The number of ether oxygens (including phenoxy) is 1. The third-order valence-electron chi connectivity index (χ3n) is 4.07. The normalized spacial score (nSPS) is 12.6. The van der Waals surface area contributed by atoms with E-state index < -0.39 is 11.6 Å². The molecular weight excluding hydrogens is 406 g/mol. The van der Waals surface area contributed by atoms with Crippen molar-refractivity contribution in [2.75, 3.05) is 6.61 Å². The Bertz CT molecular complexity index is 862. The Kier molecular flexibility index (Phi) is 6.20. The molecule has 0 saturated heterocycles. The Morgan fingerprint density at radius 3 is 2.64 bits per heavy atom. The zero-order chi connectivity index (χ0) is 17.8. The summed E-state index contributed by atoms with van der Waals surface area (Å²) in [5.74, 6) is -1.64. The number of rotatable bonds is 7. The standard InChI is InChI=1S/C20H19BrF2OS/c1-2-3-10-24-17(12-13-8-9-15(22)16(23)11-13)20-19(21)14-6-4-5-7-18(14)25-20/h4-9,11,17H,2-3,10,12H2,1H3. The fourth-order valence-electron chi connectivity index (χ4n) is 2.72. The van der Waals surface area contributed by atoms with Gasteiger partial charge in [-0.2, -0.15) is 0 Å². The van der Waals surface area contributed by atoms with Gasteiger partial charge in [0, 0.05) is 32.5 Å². The molecule has 0 N–H and O–H groups in total. The van der Waals surface area contributed by atoms with Crippen LogP contribution in [0.4, 0.5) is 8.78 Å². The molecule has 1 heterocycles. The van der Waals surface area contributed by atoms with Crippen LogP contribution in [0.3, 0.4) is 0 Å². The smallest absolute Gasteiger partial charge is 0.159 e. The zero-order valence-electron chi connectivity index (χ0n) is 13.9. The minimum absolute atomic E-state index is 0.191. The molecule has 0 radical (unpaired) electrons. The van der Waals surface area contributed by atoms with Crippen LogP contribution < -0.4 is 0 Å². The number of hydrogen-bond acceptors (Lipinski definition) is 2. The van der Waals surface area contributed by atoms with Gasteiger partial charge in [0.25, 0.3) is 0 Å². The Labute approximate surface area is 158 Å². The molecule has 0 aliphatic heterocycles. The van der Waals surface area contributed by atoms with Gasteiger partial charge >= 0.3 is 0 Å². The molecule has 3 aromatic rings. The van der Waals surface area contributed by atoms with Crippen molar-refractivity contribution in [3.8, 4) is 0 Å². The molecule has 1 aromatic heterocycles. The minimum Gasteiger partial charge on any atom is -0.372 e. The van der Waals surface area contributed by atoms with Gasteiger partial charge in [-0.15, -0.1) is 11.3 Å². The lowest BCUT2D eigenvalue weighted by atomic mass is 10.1. The fourth-order valence-corrected chi connectivity index (χ4v) is 4.84. The molecule has 25 heavy (non-hydrogen) atoms. The molecule has 0 aliphatic rings. The maximum absolute atomic E-state index is 13.6. The zero-order valence-corrected chi connectivity index (χ0v) is 16.3. The van der Waals surface area contributed by atoms with Gasteiger partial charge in [-0.05, 0) is 46.1 Å². The van der Waals surface area contributed by atoms with E-state index in [4.69, 9.17) is 4.74 Å². The van der Waals surface area contributed by atoms with Gasteiger partial charge in [0.1, 0.15) is 0 Å². The molecule has 0 aliphatic carbocycles. The highest BCUT2D eigenvalue weighted by Gasteiger charge is 2.21. The summed E-state index contributed by atoms with van der Waals surface area (Å²) in [5, 5.41) is 1.15. The number of fused-ring (bicyclic) bond motifs is 1. The lowest BCUT2D eigenvalue weighted by Crippen LogP contribution is -2.08. The van der Waals surface area contributed by atoms with E-state index >= 15 is 0 Å². The first-order valence-corrected chi connectivity index (χ1v) is 9.93. The third-order valence-corrected chi connectivity index (χ3v) is 6.45. The molecule has 0 amide bonds. The van der Waals surface area contributed by atoms with Gasteiger partial charge in [-0.1, -0.05) is 37.6 Å². The predicted octanol–water partition coefficient (Wildman–Crippen LogP) is 7.04. The van der Waals surface area contributed by atoms with Crippen molar-refractivity contribution in [3.63, 3.8) is 0 Å². The second-order valence-electron chi connectivity index (χ2n) is 5.94. The molecule has 2 aromatic carbocycles. The molecule has 1 nitrogen and oxygen atoms in total. The maximum Gasteiger partial charge on any atom is 0.159 e. The minimum atomic E-state index is -0.824. The van der Waals surface area contributed by atoms with Crippen molar-refractivity contribution in [1.82, 2.24) is 0 Å². The number of unbranched alkanes of at least 4 members (excludes halogenated alkanes) is 1. The summed E-state index contributed by atoms with van der Waals surface area (Å²) in [6.45, 7) is 2.76. The quantitative estimate of drug-likeness (QED) is 0.369. The summed E-state index contributed by atoms with van der Waals surface area (Å²) >= 11 is 5.37. The van der Waals surface area contributed by atoms with Gasteiger partial charge < -0.3 is 4.74 Å². The van der Waals surface area contributed by atoms with E-state index in [9.17, 15) is 8.78 Å². The number of thiophene rings is 1. The molecule has 0 spiro atoms. The van der Waals surface area contributed by atoms with Crippen LogP contribution in [0.5, 0.6) is 0 Å². The highest BCUT2D eigenvalue weighted by molar-refractivity contribution is 9.10. The van der Waals surface area contributed by atoms with E-state index in [1.807, 2.05) is 12.1 Å². The first-order chi connectivity index (χ1) is 12.1. The first-order valence-electron chi connectivity index (χ1n) is 8.32. The molecule has 5 heteroatoms. The van der Waals surface area contributed by atoms with E-state index in [0.29, 0.717) is 13.0 Å². The molecule has 0 bridgehead atoms. The fraction of sp³-hybridized carbons (Fsp3) is 0.300. The number of benzene rings is 2. The van der Waals surface area contributed by atoms with Gasteiger partial charge in [0.15, 0.2) is 11.6 Å². The highest BCUT2D eigenvalue weighted by atomic mass is 79.9. The average molecular weight is 425 g/mol. The van der Waals surface area contributed by atoms with Crippen LogP contribution in [0.1, 0.15) is 36.3 Å². The molecule has 3 rings (SSSR count). The Morgan fingerprint density at radius 2 is 1.92 bits per heavy atom. The van der Waals surface area contributed by atoms with Crippen LogP contribution in [0.2, 0.25) is 0 Å². The second kappa shape index (κ2) is 8.39. The van der Waals surface area contributed by atoms with E-state index in [0.717, 1.165) is 33.1 Å². The van der Waals surface area contributed by atoms with Crippen LogP contribution >= 0.6 is 27.3 Å². The van der Waals surface area contributed by atoms with Gasteiger partial charge in [0.05, 0.1) is 6.10 Å². The summed E-state index contributed by atoms with van der Waals surface area (Å²) in [7, 11) is 0. The maximum atomic E-state index is 13.6. The molecular formula is C20H19BrF2OS.